The predicted octanol–water partition coefficient (Wildman–Crippen LogP) is 3.15. The second kappa shape index (κ2) is 8.89. The smallest absolute Gasteiger partial charge is 0.00104 e. The molecular formula is C11H25NS. The molecule has 0 bridgehead atoms. The molecule has 0 aliphatic carbocycles. The third-order valence-electron chi connectivity index (χ3n) is 1.92. The number of hydrogen-bond acceptors (Lipinski definition) is 2. The molecule has 0 aromatic heterocycles. The average Bonchev–Trinajstić information content (AvgIpc) is 2.09. The molecule has 1 nitrogen and oxygen atoms in total. The quantitative estimate of drug-likeness (QED) is 0.608. The summed E-state index contributed by atoms with van der Waals surface area (Å²) in [6.07, 6.45) is 2.70. The van der Waals surface area contributed by atoms with Gasteiger partial charge in [-0.15, -0.1) is 0 Å². The maximum absolute atomic E-state index is 3.47. The van der Waals surface area contributed by atoms with E-state index in [0.717, 1.165) is 12.5 Å². The van der Waals surface area contributed by atoms with E-state index in [1.165, 1.54) is 24.3 Å². The zero-order valence-electron chi connectivity index (χ0n) is 9.60. The van der Waals surface area contributed by atoms with Crippen LogP contribution in [-0.4, -0.2) is 24.1 Å². The zero-order valence-corrected chi connectivity index (χ0v) is 10.4. The summed E-state index contributed by atoms with van der Waals surface area (Å²) in [6, 6.07) is 0.628. The third-order valence-corrected chi connectivity index (χ3v) is 3.30. The van der Waals surface area contributed by atoms with Gasteiger partial charge in [0.05, 0.1) is 0 Å². The molecule has 0 aromatic carbocycles. The van der Waals surface area contributed by atoms with E-state index in [1.54, 1.807) is 0 Å². The number of rotatable bonds is 8. The second-order valence-electron chi connectivity index (χ2n) is 4.10. The normalized spacial score (nSPS) is 13.6. The Morgan fingerprint density at radius 2 is 1.92 bits per heavy atom. The van der Waals surface area contributed by atoms with Gasteiger partial charge in [0.25, 0.3) is 0 Å². The molecule has 13 heavy (non-hydrogen) atoms. The van der Waals surface area contributed by atoms with E-state index in [4.69, 9.17) is 0 Å². The molecule has 2 heteroatoms. The number of nitrogens with one attached hydrogen (secondary N) is 1. The molecule has 0 saturated heterocycles. The van der Waals surface area contributed by atoms with Gasteiger partial charge >= 0.3 is 0 Å². The summed E-state index contributed by atoms with van der Waals surface area (Å²) in [4.78, 5) is 0. The fraction of sp³-hybridized carbons (Fsp3) is 1.00. The van der Waals surface area contributed by atoms with Crippen LogP contribution in [0.5, 0.6) is 0 Å². The molecule has 0 aliphatic heterocycles. The van der Waals surface area contributed by atoms with Gasteiger partial charge in [-0.2, -0.15) is 11.8 Å². The van der Waals surface area contributed by atoms with Crippen molar-refractivity contribution in [3.8, 4) is 0 Å². The first kappa shape index (κ1) is 13.3. The number of hydrogen-bond donors (Lipinski definition) is 1. The average molecular weight is 203 g/mol. The minimum absolute atomic E-state index is 0.628. The minimum atomic E-state index is 0.628. The lowest BCUT2D eigenvalue weighted by atomic mass is 10.2. The summed E-state index contributed by atoms with van der Waals surface area (Å²) in [5.41, 5.74) is 0. The van der Waals surface area contributed by atoms with E-state index in [0.29, 0.717) is 6.04 Å². The van der Waals surface area contributed by atoms with Gasteiger partial charge in [0.2, 0.25) is 0 Å². The van der Waals surface area contributed by atoms with Crippen LogP contribution in [0, 0.1) is 5.92 Å². The lowest BCUT2D eigenvalue weighted by Gasteiger charge is -2.14. The van der Waals surface area contributed by atoms with Crippen molar-refractivity contribution in [1.82, 2.24) is 5.32 Å². The molecule has 0 rings (SSSR count). The van der Waals surface area contributed by atoms with Gasteiger partial charge in [-0.05, 0) is 30.4 Å². The van der Waals surface area contributed by atoms with Crippen LogP contribution in [-0.2, 0) is 0 Å². The summed E-state index contributed by atoms with van der Waals surface area (Å²) >= 11 is 2.10. The van der Waals surface area contributed by atoms with Crippen LogP contribution in [0.3, 0.4) is 0 Å². The first-order valence-electron chi connectivity index (χ1n) is 5.48. The van der Waals surface area contributed by atoms with Gasteiger partial charge < -0.3 is 5.32 Å². The highest BCUT2D eigenvalue weighted by Crippen LogP contribution is 2.09. The molecule has 0 radical (unpaired) electrons. The highest BCUT2D eigenvalue weighted by atomic mass is 32.2. The molecule has 0 aliphatic rings. The molecule has 0 spiro atoms. The molecule has 1 N–H and O–H groups in total. The molecule has 0 heterocycles. The minimum Gasteiger partial charge on any atom is -0.314 e. The Hall–Kier alpha value is 0.310. The van der Waals surface area contributed by atoms with E-state index in [2.05, 4.69) is 44.8 Å². The van der Waals surface area contributed by atoms with Crippen molar-refractivity contribution in [3.05, 3.63) is 0 Å². The Labute approximate surface area is 88.1 Å². The first-order chi connectivity index (χ1) is 6.16. The Balaban J connectivity index is 3.15. The van der Waals surface area contributed by atoms with E-state index in [9.17, 15) is 0 Å². The van der Waals surface area contributed by atoms with Crippen molar-refractivity contribution in [2.24, 2.45) is 5.92 Å². The molecular weight excluding hydrogens is 178 g/mol. The fourth-order valence-corrected chi connectivity index (χ4v) is 2.21. The van der Waals surface area contributed by atoms with Gasteiger partial charge in [-0.3, -0.25) is 0 Å². The van der Waals surface area contributed by atoms with Crippen molar-refractivity contribution in [3.63, 3.8) is 0 Å². The van der Waals surface area contributed by atoms with Crippen LogP contribution in [0.2, 0.25) is 0 Å². The third kappa shape index (κ3) is 10.2. The Morgan fingerprint density at radius 3 is 2.46 bits per heavy atom. The summed E-state index contributed by atoms with van der Waals surface area (Å²) in [7, 11) is 0. The molecule has 0 fully saturated rings. The van der Waals surface area contributed by atoms with Crippen LogP contribution >= 0.6 is 11.8 Å². The van der Waals surface area contributed by atoms with Crippen molar-refractivity contribution >= 4 is 11.8 Å². The summed E-state index contributed by atoms with van der Waals surface area (Å²) < 4.78 is 0. The standard InChI is InChI=1S/C11H25NS/c1-5-6-7-13-9-11(4)8-12-10(2)3/h10-12H,5-9H2,1-4H3. The highest BCUT2D eigenvalue weighted by molar-refractivity contribution is 7.99. The molecule has 0 saturated carbocycles. The topological polar surface area (TPSA) is 12.0 Å². The predicted molar refractivity (Wildman–Crippen MR) is 64.5 cm³/mol. The molecule has 1 unspecified atom stereocenters. The van der Waals surface area contributed by atoms with Crippen molar-refractivity contribution < 1.29 is 0 Å². The summed E-state index contributed by atoms with van der Waals surface area (Å²) in [6.45, 7) is 10.2. The van der Waals surface area contributed by atoms with Crippen molar-refractivity contribution in [1.29, 1.82) is 0 Å². The van der Waals surface area contributed by atoms with E-state index in [1.807, 2.05) is 0 Å². The van der Waals surface area contributed by atoms with Crippen molar-refractivity contribution in [2.75, 3.05) is 18.1 Å². The fourth-order valence-electron chi connectivity index (χ4n) is 1.03. The summed E-state index contributed by atoms with van der Waals surface area (Å²) in [5.74, 6) is 3.45. The molecule has 1 atom stereocenters. The Kier molecular flexibility index (Phi) is 9.10. The Bertz CT molecular complexity index is 104. The molecule has 0 aromatic rings. The van der Waals surface area contributed by atoms with E-state index in [-0.39, 0.29) is 0 Å². The SMILES string of the molecule is CCCCSCC(C)CNC(C)C. The van der Waals surface area contributed by atoms with E-state index < -0.39 is 0 Å². The van der Waals surface area contributed by atoms with Crippen LogP contribution < -0.4 is 5.32 Å². The van der Waals surface area contributed by atoms with Crippen LogP contribution in [0.15, 0.2) is 0 Å². The Morgan fingerprint density at radius 1 is 1.23 bits per heavy atom. The van der Waals surface area contributed by atoms with Crippen LogP contribution in [0.1, 0.15) is 40.5 Å². The number of thioether (sulfide) groups is 1. The molecule has 0 amide bonds. The summed E-state index contributed by atoms with van der Waals surface area (Å²) in [5, 5.41) is 3.47. The van der Waals surface area contributed by atoms with Crippen molar-refractivity contribution in [2.45, 2.75) is 46.6 Å². The lowest BCUT2D eigenvalue weighted by molar-refractivity contribution is 0.510. The van der Waals surface area contributed by atoms with Crippen LogP contribution in [0.25, 0.3) is 0 Å². The lowest BCUT2D eigenvalue weighted by Crippen LogP contribution is -2.28. The number of unbranched alkanes of at least 4 members (excludes halogenated alkanes) is 1. The zero-order chi connectivity index (χ0) is 10.1. The van der Waals surface area contributed by atoms with Gasteiger partial charge in [-0.1, -0.05) is 34.1 Å². The second-order valence-corrected chi connectivity index (χ2v) is 5.25. The van der Waals surface area contributed by atoms with Gasteiger partial charge in [0.15, 0.2) is 0 Å². The maximum atomic E-state index is 3.47. The largest absolute Gasteiger partial charge is 0.314 e. The maximum Gasteiger partial charge on any atom is 0.00104 e. The molecule has 80 valence electrons. The monoisotopic (exact) mass is 203 g/mol. The van der Waals surface area contributed by atoms with Crippen LogP contribution in [0.4, 0.5) is 0 Å². The van der Waals surface area contributed by atoms with E-state index >= 15 is 0 Å². The van der Waals surface area contributed by atoms with Gasteiger partial charge in [0.1, 0.15) is 0 Å². The highest BCUT2D eigenvalue weighted by Gasteiger charge is 2.02. The first-order valence-corrected chi connectivity index (χ1v) is 6.63. The van der Waals surface area contributed by atoms with Gasteiger partial charge in [-0.25, -0.2) is 0 Å². The van der Waals surface area contributed by atoms with Gasteiger partial charge in [0, 0.05) is 6.04 Å².